The SMILES string of the molecule is O=C(NC(c1ccccc1)c1cccc(OCc2ccc(CNC[C@@H](O)c3ccc(O)c4[nH]c(=O)ccc34)nc2)c1)O[C@H]1CN2CCC1CC2. The van der Waals surface area contributed by atoms with Gasteiger partial charge in [-0.2, -0.15) is 0 Å². The van der Waals surface area contributed by atoms with Gasteiger partial charge in [0.05, 0.1) is 23.4 Å². The topological polar surface area (TPSA) is 149 Å². The summed E-state index contributed by atoms with van der Waals surface area (Å²) in [7, 11) is 0. The van der Waals surface area contributed by atoms with Crippen molar-refractivity contribution in [3.8, 4) is 11.5 Å². The molecule has 11 nitrogen and oxygen atoms in total. The molecule has 0 aliphatic carbocycles. The summed E-state index contributed by atoms with van der Waals surface area (Å²) in [5.74, 6) is 1.05. The first-order chi connectivity index (χ1) is 24.4. The van der Waals surface area contributed by atoms with Crippen molar-refractivity contribution in [2.24, 2.45) is 5.92 Å². The van der Waals surface area contributed by atoms with Crippen LogP contribution in [-0.2, 0) is 17.9 Å². The van der Waals surface area contributed by atoms with Crippen LogP contribution in [-0.4, -0.2) is 63.5 Å². The van der Waals surface area contributed by atoms with E-state index in [0.29, 0.717) is 41.3 Å². The Hall–Kier alpha value is -5.23. The van der Waals surface area contributed by atoms with Crippen molar-refractivity contribution in [2.45, 2.75) is 44.2 Å². The number of phenolic OH excluding ortho intramolecular Hbond substituents is 1. The fourth-order valence-electron chi connectivity index (χ4n) is 6.93. The Morgan fingerprint density at radius 2 is 1.80 bits per heavy atom. The second-order valence-corrected chi connectivity index (χ2v) is 13.0. The molecule has 3 aliphatic rings. The fraction of sp³-hybridized carbons (Fsp3) is 0.308. The Morgan fingerprint density at radius 3 is 2.56 bits per heavy atom. The van der Waals surface area contributed by atoms with Crippen LogP contribution in [0.4, 0.5) is 4.79 Å². The number of aromatic hydroxyl groups is 1. The number of carbonyl (C=O) groups excluding carboxylic acids is 1. The lowest BCUT2D eigenvalue weighted by atomic mass is 9.86. The highest BCUT2D eigenvalue weighted by molar-refractivity contribution is 5.87. The summed E-state index contributed by atoms with van der Waals surface area (Å²) in [5, 5.41) is 27.9. The number of H-pyrrole nitrogens is 1. The van der Waals surface area contributed by atoms with Gasteiger partial charge in [-0.15, -0.1) is 0 Å². The van der Waals surface area contributed by atoms with E-state index in [0.717, 1.165) is 54.9 Å². The standard InChI is InChI=1S/C39H41N5O6/c45-33-13-11-31(32-12-14-36(47)42-38(32)33)34(46)22-40-21-29-10-9-25(20-41-29)24-49-30-8-4-7-28(19-30)37(27-5-2-1-3-6-27)43-39(48)50-35-23-44-17-15-26(35)16-18-44/h1-14,19-20,26,34-35,37,40,45-46H,15-18,21-24H2,(H,42,47)(H,43,48)/t34-,35+,37?/m1/s1. The number of ether oxygens (including phenoxy) is 2. The van der Waals surface area contributed by atoms with E-state index in [1.165, 1.54) is 12.1 Å². The number of hydrogen-bond donors (Lipinski definition) is 5. The molecule has 11 heteroatoms. The second kappa shape index (κ2) is 15.1. The van der Waals surface area contributed by atoms with Gasteiger partial charge in [0.2, 0.25) is 5.56 Å². The number of fused-ring (bicyclic) bond motifs is 4. The highest BCUT2D eigenvalue weighted by Gasteiger charge is 2.37. The van der Waals surface area contributed by atoms with Gasteiger partial charge in [0.1, 0.15) is 24.2 Å². The normalized spacial score (nSPS) is 19.5. The number of nitrogens with zero attached hydrogens (tertiary/aromatic N) is 2. The lowest BCUT2D eigenvalue weighted by molar-refractivity contribution is -0.0336. The molecule has 0 saturated carbocycles. The maximum absolute atomic E-state index is 13.2. The molecule has 5 aromatic rings. The summed E-state index contributed by atoms with van der Waals surface area (Å²) in [6.45, 7) is 3.96. The number of piperidine rings is 3. The summed E-state index contributed by atoms with van der Waals surface area (Å²) in [4.78, 5) is 34.4. The van der Waals surface area contributed by atoms with Gasteiger partial charge in [0.15, 0.2) is 0 Å². The molecule has 0 radical (unpaired) electrons. The van der Waals surface area contributed by atoms with Crippen molar-refractivity contribution in [3.63, 3.8) is 0 Å². The van der Waals surface area contributed by atoms with Crippen molar-refractivity contribution in [1.82, 2.24) is 25.5 Å². The van der Waals surface area contributed by atoms with E-state index in [-0.39, 0.29) is 24.0 Å². The summed E-state index contributed by atoms with van der Waals surface area (Å²) in [6.07, 6.45) is 2.56. The van der Waals surface area contributed by atoms with Gasteiger partial charge in [-0.05, 0) is 78.9 Å². The minimum absolute atomic E-state index is 0.0485. The van der Waals surface area contributed by atoms with Crippen LogP contribution in [0.5, 0.6) is 11.5 Å². The van der Waals surface area contributed by atoms with Gasteiger partial charge in [-0.25, -0.2) is 4.79 Å². The number of rotatable bonds is 12. The van der Waals surface area contributed by atoms with E-state index in [1.54, 1.807) is 18.3 Å². The summed E-state index contributed by atoms with van der Waals surface area (Å²) in [6, 6.07) is 27.1. The lowest BCUT2D eigenvalue weighted by Crippen LogP contribution is -2.52. The molecule has 3 aromatic carbocycles. The van der Waals surface area contributed by atoms with Crippen molar-refractivity contribution in [2.75, 3.05) is 26.2 Å². The maximum Gasteiger partial charge on any atom is 0.408 e. The van der Waals surface area contributed by atoms with E-state index >= 15 is 0 Å². The van der Waals surface area contributed by atoms with E-state index in [4.69, 9.17) is 9.47 Å². The number of carbonyl (C=O) groups is 1. The number of aromatic amines is 1. The Kier molecular flexibility index (Phi) is 10.1. The predicted molar refractivity (Wildman–Crippen MR) is 189 cm³/mol. The Balaban J connectivity index is 0.939. The largest absolute Gasteiger partial charge is 0.506 e. The summed E-state index contributed by atoms with van der Waals surface area (Å²) >= 11 is 0. The monoisotopic (exact) mass is 675 g/mol. The maximum atomic E-state index is 13.2. The number of hydrogen-bond acceptors (Lipinski definition) is 9. The predicted octanol–water partition coefficient (Wildman–Crippen LogP) is 4.94. The highest BCUT2D eigenvalue weighted by Crippen LogP contribution is 2.31. The van der Waals surface area contributed by atoms with E-state index in [9.17, 15) is 19.8 Å². The first-order valence-corrected chi connectivity index (χ1v) is 17.0. The molecular formula is C39H41N5O6. The minimum Gasteiger partial charge on any atom is -0.506 e. The Morgan fingerprint density at radius 1 is 0.980 bits per heavy atom. The molecule has 1 unspecified atom stereocenters. The molecule has 3 saturated heterocycles. The van der Waals surface area contributed by atoms with Crippen molar-refractivity contribution in [1.29, 1.82) is 0 Å². The van der Waals surface area contributed by atoms with E-state index < -0.39 is 18.2 Å². The molecule has 8 rings (SSSR count). The molecule has 50 heavy (non-hydrogen) atoms. The number of pyridine rings is 2. The van der Waals surface area contributed by atoms with Crippen LogP contribution in [0.25, 0.3) is 10.9 Å². The number of alkyl carbamates (subject to hydrolysis) is 1. The molecule has 3 aliphatic heterocycles. The minimum atomic E-state index is -0.861. The zero-order valence-corrected chi connectivity index (χ0v) is 27.6. The van der Waals surface area contributed by atoms with Crippen molar-refractivity contribution < 1.29 is 24.5 Å². The van der Waals surface area contributed by atoms with Crippen LogP contribution in [0.2, 0.25) is 0 Å². The zero-order valence-electron chi connectivity index (χ0n) is 27.6. The van der Waals surface area contributed by atoms with E-state index in [1.807, 2.05) is 66.7 Å². The molecule has 3 fully saturated rings. The van der Waals surface area contributed by atoms with Gasteiger partial charge >= 0.3 is 6.09 Å². The molecule has 0 spiro atoms. The van der Waals surface area contributed by atoms with Gasteiger partial charge in [-0.1, -0.05) is 54.6 Å². The number of aliphatic hydroxyl groups is 1. The molecule has 3 atom stereocenters. The zero-order chi connectivity index (χ0) is 34.5. The van der Waals surface area contributed by atoms with E-state index in [2.05, 4.69) is 25.5 Å². The van der Waals surface area contributed by atoms with Crippen LogP contribution in [0.15, 0.2) is 102 Å². The second-order valence-electron chi connectivity index (χ2n) is 13.0. The Labute approximate surface area is 289 Å². The Bertz CT molecular complexity index is 1980. The van der Waals surface area contributed by atoms with Crippen LogP contribution in [0.1, 0.15) is 52.9 Å². The molecule has 2 aromatic heterocycles. The first kappa shape index (κ1) is 33.3. The average Bonchev–Trinajstić information content (AvgIpc) is 3.15. The molecule has 1 amide bonds. The van der Waals surface area contributed by atoms with Crippen LogP contribution >= 0.6 is 0 Å². The summed E-state index contributed by atoms with van der Waals surface area (Å²) in [5.41, 5.74) is 4.09. The number of amides is 1. The highest BCUT2D eigenvalue weighted by atomic mass is 16.6. The average molecular weight is 676 g/mol. The third-order valence-electron chi connectivity index (χ3n) is 9.64. The quantitative estimate of drug-likeness (QED) is 0.124. The summed E-state index contributed by atoms with van der Waals surface area (Å²) < 4.78 is 12.1. The van der Waals surface area contributed by atoms with Gasteiger partial charge in [0, 0.05) is 42.8 Å². The van der Waals surface area contributed by atoms with Gasteiger partial charge in [-0.3, -0.25) is 14.7 Å². The number of aliphatic hydroxyl groups excluding tert-OH is 1. The number of benzene rings is 3. The van der Waals surface area contributed by atoms with Crippen LogP contribution < -0.4 is 20.9 Å². The molecular weight excluding hydrogens is 634 g/mol. The molecule has 5 heterocycles. The van der Waals surface area contributed by atoms with Crippen LogP contribution in [0, 0.1) is 5.92 Å². The first-order valence-electron chi connectivity index (χ1n) is 17.0. The van der Waals surface area contributed by atoms with Gasteiger partial charge in [0.25, 0.3) is 0 Å². The molecule has 5 N–H and O–H groups in total. The number of aromatic nitrogens is 2. The van der Waals surface area contributed by atoms with Crippen molar-refractivity contribution in [3.05, 3.63) is 135 Å². The lowest BCUT2D eigenvalue weighted by Gasteiger charge is -2.43. The van der Waals surface area contributed by atoms with Crippen molar-refractivity contribution >= 4 is 17.0 Å². The third-order valence-corrected chi connectivity index (χ3v) is 9.64. The smallest absolute Gasteiger partial charge is 0.408 e. The number of phenols is 1. The third kappa shape index (κ3) is 7.81. The molecule has 258 valence electrons. The van der Waals surface area contributed by atoms with Gasteiger partial charge < -0.3 is 35.3 Å². The number of nitrogens with one attached hydrogen (secondary N) is 3. The molecule has 2 bridgehead atoms. The van der Waals surface area contributed by atoms with Crippen LogP contribution in [0.3, 0.4) is 0 Å². The fourth-order valence-corrected chi connectivity index (χ4v) is 6.93.